The first-order valence-electron chi connectivity index (χ1n) is 10.4. The first-order chi connectivity index (χ1) is 15.6. The summed E-state index contributed by atoms with van der Waals surface area (Å²) in [5.41, 5.74) is 8.44. The lowest BCUT2D eigenvalue weighted by molar-refractivity contribution is -0.137. The third-order valence-electron chi connectivity index (χ3n) is 5.20. The highest BCUT2D eigenvalue weighted by molar-refractivity contribution is 7.18. The molecule has 0 aliphatic rings. The lowest BCUT2D eigenvalue weighted by Gasteiger charge is -2.13. The van der Waals surface area contributed by atoms with Crippen LogP contribution in [-0.2, 0) is 12.6 Å². The fourth-order valence-electron chi connectivity index (χ4n) is 3.60. The van der Waals surface area contributed by atoms with E-state index in [0.717, 1.165) is 34.3 Å². The monoisotopic (exact) mass is 476 g/mol. The van der Waals surface area contributed by atoms with Gasteiger partial charge in [-0.1, -0.05) is 23.5 Å². The number of rotatable bonds is 7. The number of nitrogens with one attached hydrogen (secondary N) is 2. The molecule has 174 valence electrons. The third kappa shape index (κ3) is 5.09. The minimum Gasteiger partial charge on any atom is -0.359 e. The van der Waals surface area contributed by atoms with E-state index in [1.54, 1.807) is 4.57 Å². The van der Waals surface area contributed by atoms with Crippen LogP contribution in [0, 0.1) is 0 Å². The van der Waals surface area contributed by atoms with Crippen LogP contribution in [0.25, 0.3) is 21.6 Å². The van der Waals surface area contributed by atoms with Crippen LogP contribution >= 0.6 is 11.3 Å². The Bertz CT molecular complexity index is 1310. The Balaban J connectivity index is 1.41. The van der Waals surface area contributed by atoms with Crippen LogP contribution in [0.5, 0.6) is 0 Å². The summed E-state index contributed by atoms with van der Waals surface area (Å²) in [5, 5.41) is 12.8. The van der Waals surface area contributed by atoms with Crippen molar-refractivity contribution in [1.29, 1.82) is 0 Å². The van der Waals surface area contributed by atoms with Crippen LogP contribution < -0.4 is 16.7 Å². The molecule has 0 saturated carbocycles. The van der Waals surface area contributed by atoms with Gasteiger partial charge in [0.2, 0.25) is 5.13 Å². The first kappa shape index (κ1) is 23.0. The van der Waals surface area contributed by atoms with Gasteiger partial charge in [0.15, 0.2) is 0 Å². The van der Waals surface area contributed by atoms with Crippen molar-refractivity contribution >= 4 is 27.5 Å². The van der Waals surface area contributed by atoms with E-state index in [1.807, 2.05) is 32.0 Å². The zero-order valence-corrected chi connectivity index (χ0v) is 18.8. The van der Waals surface area contributed by atoms with Crippen molar-refractivity contribution in [2.75, 3.05) is 11.9 Å². The van der Waals surface area contributed by atoms with Gasteiger partial charge in [0.1, 0.15) is 5.01 Å². The van der Waals surface area contributed by atoms with E-state index in [0.29, 0.717) is 23.1 Å². The second kappa shape index (κ2) is 8.99. The number of alkyl halides is 3. The van der Waals surface area contributed by atoms with E-state index in [2.05, 4.69) is 20.5 Å². The van der Waals surface area contributed by atoms with Crippen molar-refractivity contribution in [2.45, 2.75) is 38.5 Å². The standard InChI is InChI=1S/C22H23F3N6OS/c1-12(2)31-18-10-14(5-8-17(18)28-21(31)32)19-29-30-20(33-19)27-11-16(26)9-13-3-6-15(7-4-13)22(23,24)25/h3-8,10,12,16H,9,11,26H2,1-2H3,(H,27,30)(H,28,32)/t16-/m1/s1. The number of imidazole rings is 1. The number of benzene rings is 2. The molecule has 1 atom stereocenters. The van der Waals surface area contributed by atoms with Crippen LogP contribution in [0.3, 0.4) is 0 Å². The number of hydrogen-bond donors (Lipinski definition) is 3. The largest absolute Gasteiger partial charge is 0.416 e. The first-order valence-corrected chi connectivity index (χ1v) is 11.2. The molecule has 4 rings (SSSR count). The third-order valence-corrected chi connectivity index (χ3v) is 6.13. The quantitative estimate of drug-likeness (QED) is 0.366. The Labute approximate surface area is 191 Å². The fourth-order valence-corrected chi connectivity index (χ4v) is 4.35. The molecule has 0 amide bonds. The number of anilines is 1. The predicted molar refractivity (Wildman–Crippen MR) is 123 cm³/mol. The Morgan fingerprint density at radius 2 is 1.88 bits per heavy atom. The summed E-state index contributed by atoms with van der Waals surface area (Å²) in [6, 6.07) is 10.3. The summed E-state index contributed by atoms with van der Waals surface area (Å²) in [6.07, 6.45) is -3.93. The van der Waals surface area contributed by atoms with E-state index >= 15 is 0 Å². The summed E-state index contributed by atoms with van der Waals surface area (Å²) in [4.78, 5) is 15.0. The van der Waals surface area contributed by atoms with E-state index in [9.17, 15) is 18.0 Å². The number of aromatic nitrogens is 4. The molecule has 2 aromatic heterocycles. The maximum absolute atomic E-state index is 12.7. The smallest absolute Gasteiger partial charge is 0.359 e. The minimum atomic E-state index is -4.35. The lowest BCUT2D eigenvalue weighted by Crippen LogP contribution is -2.31. The highest BCUT2D eigenvalue weighted by Gasteiger charge is 2.29. The van der Waals surface area contributed by atoms with Gasteiger partial charge in [0, 0.05) is 24.2 Å². The summed E-state index contributed by atoms with van der Waals surface area (Å²) in [5.74, 6) is 0. The van der Waals surface area contributed by atoms with Gasteiger partial charge in [0.25, 0.3) is 0 Å². The Morgan fingerprint density at radius 3 is 2.55 bits per heavy atom. The van der Waals surface area contributed by atoms with Crippen molar-refractivity contribution in [1.82, 2.24) is 19.7 Å². The number of hydrogen-bond acceptors (Lipinski definition) is 6. The molecule has 0 aliphatic carbocycles. The molecule has 2 aromatic carbocycles. The molecular formula is C22H23F3N6OS. The van der Waals surface area contributed by atoms with Gasteiger partial charge in [-0.25, -0.2) is 4.79 Å². The molecule has 0 spiro atoms. The number of halogens is 3. The molecule has 4 aromatic rings. The molecule has 0 radical (unpaired) electrons. The van der Waals surface area contributed by atoms with E-state index in [4.69, 9.17) is 5.73 Å². The lowest BCUT2D eigenvalue weighted by atomic mass is 10.0. The van der Waals surface area contributed by atoms with Crippen molar-refractivity contribution in [3.05, 3.63) is 64.1 Å². The topological polar surface area (TPSA) is 102 Å². The maximum Gasteiger partial charge on any atom is 0.416 e. The highest BCUT2D eigenvalue weighted by Crippen LogP contribution is 2.30. The van der Waals surface area contributed by atoms with Crippen molar-refractivity contribution in [3.8, 4) is 10.6 Å². The average Bonchev–Trinajstić information content (AvgIpc) is 3.35. The van der Waals surface area contributed by atoms with Gasteiger partial charge in [-0.2, -0.15) is 13.2 Å². The molecule has 0 unspecified atom stereocenters. The Kier molecular flexibility index (Phi) is 6.26. The highest BCUT2D eigenvalue weighted by atomic mass is 32.1. The van der Waals surface area contributed by atoms with Gasteiger partial charge >= 0.3 is 11.9 Å². The van der Waals surface area contributed by atoms with Crippen LogP contribution in [0.15, 0.2) is 47.3 Å². The molecular weight excluding hydrogens is 453 g/mol. The molecule has 4 N–H and O–H groups in total. The molecule has 0 saturated heterocycles. The van der Waals surface area contributed by atoms with Crippen molar-refractivity contribution in [3.63, 3.8) is 0 Å². The minimum absolute atomic E-state index is 0.0132. The normalized spacial score (nSPS) is 13.1. The van der Waals surface area contributed by atoms with Crippen LogP contribution in [-0.4, -0.2) is 32.3 Å². The number of nitrogens with zero attached hydrogens (tertiary/aromatic N) is 3. The van der Waals surface area contributed by atoms with Crippen molar-refractivity contribution < 1.29 is 13.2 Å². The Hall–Kier alpha value is -3.18. The van der Waals surface area contributed by atoms with Gasteiger partial charge < -0.3 is 16.0 Å². The van der Waals surface area contributed by atoms with E-state index in [-0.39, 0.29) is 17.8 Å². The second-order valence-corrected chi connectivity index (χ2v) is 9.06. The predicted octanol–water partition coefficient (Wildman–Crippen LogP) is 4.43. The molecule has 2 heterocycles. The van der Waals surface area contributed by atoms with E-state index < -0.39 is 11.7 Å². The number of aromatic amines is 1. The van der Waals surface area contributed by atoms with Gasteiger partial charge in [-0.3, -0.25) is 4.57 Å². The SMILES string of the molecule is CC(C)n1c(=O)[nH]c2ccc(-c3nnc(NC[C@H](N)Cc4ccc(C(F)(F)F)cc4)s3)cc21. The van der Waals surface area contributed by atoms with E-state index in [1.165, 1.54) is 23.5 Å². The van der Waals surface area contributed by atoms with Gasteiger partial charge in [0.05, 0.1) is 16.6 Å². The van der Waals surface area contributed by atoms with Crippen molar-refractivity contribution in [2.24, 2.45) is 5.73 Å². The molecule has 0 aliphatic heterocycles. The maximum atomic E-state index is 12.7. The average molecular weight is 477 g/mol. The zero-order chi connectivity index (χ0) is 23.8. The molecule has 0 fully saturated rings. The molecule has 0 bridgehead atoms. The Morgan fingerprint density at radius 1 is 1.15 bits per heavy atom. The number of nitrogens with two attached hydrogens (primary N) is 1. The van der Waals surface area contributed by atoms with Gasteiger partial charge in [-0.15, -0.1) is 10.2 Å². The number of H-pyrrole nitrogens is 1. The van der Waals surface area contributed by atoms with Crippen LogP contribution in [0.2, 0.25) is 0 Å². The summed E-state index contributed by atoms with van der Waals surface area (Å²) < 4.78 is 39.7. The zero-order valence-electron chi connectivity index (χ0n) is 18.0. The van der Waals surface area contributed by atoms with Crippen LogP contribution in [0.1, 0.15) is 31.0 Å². The van der Waals surface area contributed by atoms with Crippen LogP contribution in [0.4, 0.5) is 18.3 Å². The number of fused-ring (bicyclic) bond motifs is 1. The second-order valence-electron chi connectivity index (χ2n) is 8.08. The fraction of sp³-hybridized carbons (Fsp3) is 0.318. The summed E-state index contributed by atoms with van der Waals surface area (Å²) >= 11 is 1.36. The van der Waals surface area contributed by atoms with Gasteiger partial charge in [-0.05, 0) is 56.2 Å². The summed E-state index contributed by atoms with van der Waals surface area (Å²) in [6.45, 7) is 4.28. The molecule has 33 heavy (non-hydrogen) atoms. The molecule has 11 heteroatoms. The summed E-state index contributed by atoms with van der Waals surface area (Å²) in [7, 11) is 0. The molecule has 7 nitrogen and oxygen atoms in total.